The van der Waals surface area contributed by atoms with Crippen molar-refractivity contribution in [2.45, 2.75) is 0 Å². The number of furan rings is 1. The van der Waals surface area contributed by atoms with Gasteiger partial charge in [0.2, 0.25) is 0 Å². The third kappa shape index (κ3) is 5.82. The van der Waals surface area contributed by atoms with Gasteiger partial charge in [0.05, 0.1) is 0 Å². The van der Waals surface area contributed by atoms with E-state index in [1.165, 1.54) is 66.1 Å². The van der Waals surface area contributed by atoms with Crippen LogP contribution in [0, 0.1) is 0 Å². The normalized spacial score (nSPS) is 11.4. The summed E-state index contributed by atoms with van der Waals surface area (Å²) >= 11 is 0. The summed E-state index contributed by atoms with van der Waals surface area (Å²) in [6, 6.07) is 80.6. The highest BCUT2D eigenvalue weighted by atomic mass is 16.3. The van der Waals surface area contributed by atoms with E-state index in [9.17, 15) is 0 Å². The monoisotopic (exact) mass is 739 g/mol. The van der Waals surface area contributed by atoms with Crippen molar-refractivity contribution in [3.63, 3.8) is 0 Å². The average molecular weight is 740 g/mol. The first-order valence-corrected chi connectivity index (χ1v) is 19.8. The lowest BCUT2D eigenvalue weighted by atomic mass is 9.90. The zero-order chi connectivity index (χ0) is 38.4. The Kier molecular flexibility index (Phi) is 8.19. The molecule has 0 aliphatic carbocycles. The molecule has 0 N–H and O–H groups in total. The summed E-state index contributed by atoms with van der Waals surface area (Å²) in [7, 11) is 0. The molecule has 1 aromatic heterocycles. The molecule has 58 heavy (non-hydrogen) atoms. The van der Waals surface area contributed by atoms with Crippen LogP contribution >= 0.6 is 0 Å². The number of hydrogen-bond donors (Lipinski definition) is 0. The van der Waals surface area contributed by atoms with Crippen LogP contribution in [0.1, 0.15) is 0 Å². The molecule has 1 heterocycles. The molecule has 2 nitrogen and oxygen atoms in total. The molecular formula is C56H37NO. The van der Waals surface area contributed by atoms with Gasteiger partial charge in [-0.25, -0.2) is 0 Å². The van der Waals surface area contributed by atoms with Crippen LogP contribution in [-0.2, 0) is 0 Å². The third-order valence-corrected chi connectivity index (χ3v) is 11.5. The van der Waals surface area contributed by atoms with E-state index in [-0.39, 0.29) is 0 Å². The maximum atomic E-state index is 6.42. The minimum atomic E-state index is 0.865. The summed E-state index contributed by atoms with van der Waals surface area (Å²) in [6.45, 7) is 0. The molecule has 0 spiro atoms. The van der Waals surface area contributed by atoms with Crippen LogP contribution in [0.3, 0.4) is 0 Å². The molecule has 2 heteroatoms. The van der Waals surface area contributed by atoms with E-state index in [0.29, 0.717) is 0 Å². The van der Waals surface area contributed by atoms with Crippen molar-refractivity contribution >= 4 is 60.5 Å². The lowest BCUT2D eigenvalue weighted by Crippen LogP contribution is -2.09. The van der Waals surface area contributed by atoms with Crippen LogP contribution in [-0.4, -0.2) is 0 Å². The molecule has 0 unspecified atom stereocenters. The minimum Gasteiger partial charge on any atom is -0.456 e. The van der Waals surface area contributed by atoms with E-state index in [1.807, 2.05) is 12.1 Å². The lowest BCUT2D eigenvalue weighted by Gasteiger charge is -2.26. The smallest absolute Gasteiger partial charge is 0.137 e. The SMILES string of the molecule is c1ccc(-c2c(-c3ccc(N(c4ccc(-c5ccccc5-c5cccc6ccccc56)cc4)c4ccc5c(c4)oc4ccccc45)cc3)ccc3ccccc23)cc1. The molecule has 11 aromatic rings. The number of rotatable bonds is 7. The van der Waals surface area contributed by atoms with Gasteiger partial charge in [-0.1, -0.05) is 176 Å². The quantitative estimate of drug-likeness (QED) is 0.162. The zero-order valence-corrected chi connectivity index (χ0v) is 31.7. The third-order valence-electron chi connectivity index (χ3n) is 11.5. The Balaban J connectivity index is 1.03. The second-order valence-electron chi connectivity index (χ2n) is 14.9. The van der Waals surface area contributed by atoms with E-state index < -0.39 is 0 Å². The number of benzene rings is 10. The van der Waals surface area contributed by atoms with Crippen LogP contribution < -0.4 is 4.90 Å². The van der Waals surface area contributed by atoms with E-state index in [1.54, 1.807) is 0 Å². The molecule has 0 saturated carbocycles. The summed E-state index contributed by atoms with van der Waals surface area (Å²) < 4.78 is 6.42. The molecular weight excluding hydrogens is 703 g/mol. The zero-order valence-electron chi connectivity index (χ0n) is 31.7. The van der Waals surface area contributed by atoms with Gasteiger partial charge in [0.15, 0.2) is 0 Å². The minimum absolute atomic E-state index is 0.865. The van der Waals surface area contributed by atoms with Gasteiger partial charge in [0, 0.05) is 33.9 Å². The summed E-state index contributed by atoms with van der Waals surface area (Å²) in [5.74, 6) is 0. The Bertz CT molecular complexity index is 3260. The number of nitrogens with zero attached hydrogens (tertiary/aromatic N) is 1. The van der Waals surface area contributed by atoms with Gasteiger partial charge in [-0.2, -0.15) is 0 Å². The Morgan fingerprint density at radius 1 is 0.276 bits per heavy atom. The van der Waals surface area contributed by atoms with E-state index in [2.05, 4.69) is 217 Å². The van der Waals surface area contributed by atoms with Crippen LogP contribution in [0.2, 0.25) is 0 Å². The highest BCUT2D eigenvalue weighted by Gasteiger charge is 2.18. The summed E-state index contributed by atoms with van der Waals surface area (Å²) in [5, 5.41) is 7.21. The molecule has 0 amide bonds. The molecule has 0 fully saturated rings. The highest BCUT2D eigenvalue weighted by Crippen LogP contribution is 2.43. The predicted molar refractivity (Wildman–Crippen MR) is 245 cm³/mol. The van der Waals surface area contributed by atoms with Crippen LogP contribution in [0.25, 0.3) is 88.0 Å². The molecule has 0 atom stereocenters. The first-order chi connectivity index (χ1) is 28.8. The highest BCUT2D eigenvalue weighted by molar-refractivity contribution is 6.07. The molecule has 0 saturated heterocycles. The van der Waals surface area contributed by atoms with Gasteiger partial charge in [-0.05, 0) is 109 Å². The Labute approximate surface area is 337 Å². The van der Waals surface area contributed by atoms with E-state index >= 15 is 0 Å². The molecule has 10 aromatic carbocycles. The molecule has 11 rings (SSSR count). The maximum Gasteiger partial charge on any atom is 0.137 e. The first kappa shape index (κ1) is 33.6. The molecule has 272 valence electrons. The van der Waals surface area contributed by atoms with Crippen molar-refractivity contribution in [2.75, 3.05) is 4.90 Å². The molecule has 0 aliphatic heterocycles. The topological polar surface area (TPSA) is 16.4 Å². The maximum absolute atomic E-state index is 6.42. The van der Waals surface area contributed by atoms with Crippen LogP contribution in [0.15, 0.2) is 229 Å². The van der Waals surface area contributed by atoms with Gasteiger partial charge in [-0.3, -0.25) is 0 Å². The standard InChI is InChI=1S/C56H37NO/c1-2-15-42(16-3-1)56-48-20-7-5-14-39(48)29-35-49(56)41-27-32-44(33-28-41)57(45-34-36-53-52-22-10-11-24-54(52)58-55(53)37-45)43-30-25-40(26-31-43)47-19-8-9-21-50(47)51-23-12-17-38-13-4-6-18-46(38)51/h1-37H. The van der Waals surface area contributed by atoms with Gasteiger partial charge in [-0.15, -0.1) is 0 Å². The summed E-state index contributed by atoms with van der Waals surface area (Å²) in [5.41, 5.74) is 14.6. The van der Waals surface area contributed by atoms with Crippen LogP contribution in [0.5, 0.6) is 0 Å². The van der Waals surface area contributed by atoms with Crippen molar-refractivity contribution < 1.29 is 4.42 Å². The van der Waals surface area contributed by atoms with Crippen LogP contribution in [0.4, 0.5) is 17.1 Å². The van der Waals surface area contributed by atoms with Crippen molar-refractivity contribution in [1.29, 1.82) is 0 Å². The first-order valence-electron chi connectivity index (χ1n) is 19.8. The number of para-hydroxylation sites is 1. The second kappa shape index (κ2) is 14.1. The van der Waals surface area contributed by atoms with E-state index in [0.717, 1.165) is 39.0 Å². The van der Waals surface area contributed by atoms with Crippen molar-refractivity contribution in [3.05, 3.63) is 224 Å². The number of fused-ring (bicyclic) bond motifs is 5. The van der Waals surface area contributed by atoms with Gasteiger partial charge >= 0.3 is 0 Å². The second-order valence-corrected chi connectivity index (χ2v) is 14.9. The van der Waals surface area contributed by atoms with E-state index in [4.69, 9.17) is 4.42 Å². The molecule has 0 aliphatic rings. The summed E-state index contributed by atoms with van der Waals surface area (Å²) in [6.07, 6.45) is 0. The van der Waals surface area contributed by atoms with Gasteiger partial charge in [0.25, 0.3) is 0 Å². The fourth-order valence-electron chi connectivity index (χ4n) is 8.74. The Hall–Kier alpha value is -7.68. The molecule has 0 bridgehead atoms. The average Bonchev–Trinajstić information content (AvgIpc) is 3.67. The van der Waals surface area contributed by atoms with Crippen molar-refractivity contribution in [2.24, 2.45) is 0 Å². The van der Waals surface area contributed by atoms with Gasteiger partial charge < -0.3 is 9.32 Å². The van der Waals surface area contributed by atoms with Gasteiger partial charge in [0.1, 0.15) is 11.2 Å². The predicted octanol–water partition coefficient (Wildman–Crippen LogP) is 16.0. The number of hydrogen-bond acceptors (Lipinski definition) is 2. The summed E-state index contributed by atoms with van der Waals surface area (Å²) in [4.78, 5) is 2.33. The fraction of sp³-hybridized carbons (Fsp3) is 0. The number of anilines is 3. The Morgan fingerprint density at radius 3 is 1.57 bits per heavy atom. The van der Waals surface area contributed by atoms with Crippen molar-refractivity contribution in [3.8, 4) is 44.5 Å². The largest absolute Gasteiger partial charge is 0.456 e. The Morgan fingerprint density at radius 2 is 0.810 bits per heavy atom. The molecule has 0 radical (unpaired) electrons. The lowest BCUT2D eigenvalue weighted by molar-refractivity contribution is 0.669. The van der Waals surface area contributed by atoms with Crippen molar-refractivity contribution in [1.82, 2.24) is 0 Å². The fourth-order valence-corrected chi connectivity index (χ4v) is 8.74.